The maximum Gasteiger partial charge on any atom is 0.241 e. The van der Waals surface area contributed by atoms with E-state index in [2.05, 4.69) is 4.72 Å². The third-order valence-corrected chi connectivity index (χ3v) is 5.54. The molecule has 0 bridgehead atoms. The van der Waals surface area contributed by atoms with Crippen LogP contribution in [-0.2, 0) is 10.0 Å². The van der Waals surface area contributed by atoms with Crippen molar-refractivity contribution in [3.63, 3.8) is 0 Å². The second-order valence-corrected chi connectivity index (χ2v) is 7.39. The number of anilines is 1. The smallest absolute Gasteiger partial charge is 0.241 e. The lowest BCUT2D eigenvalue weighted by molar-refractivity contribution is 0.109. The molecule has 0 aromatic heterocycles. The van der Waals surface area contributed by atoms with Gasteiger partial charge in [0.15, 0.2) is 0 Å². The Hall–Kier alpha value is -1.18. The summed E-state index contributed by atoms with van der Waals surface area (Å²) in [6.07, 6.45) is 2.68. The van der Waals surface area contributed by atoms with Crippen molar-refractivity contribution in [1.82, 2.24) is 4.72 Å². The van der Waals surface area contributed by atoms with E-state index in [0.29, 0.717) is 19.4 Å². The van der Waals surface area contributed by atoms with Crippen molar-refractivity contribution in [1.29, 1.82) is 0 Å². The van der Waals surface area contributed by atoms with Crippen molar-refractivity contribution in [2.75, 3.05) is 12.3 Å². The van der Waals surface area contributed by atoms with Crippen molar-refractivity contribution in [2.45, 2.75) is 43.6 Å². The maximum atomic E-state index is 13.6. The minimum absolute atomic E-state index is 0.0655. The highest BCUT2D eigenvalue weighted by atomic mass is 32.2. The van der Waals surface area contributed by atoms with Gasteiger partial charge in [0, 0.05) is 17.8 Å². The molecule has 4 N–H and O–H groups in total. The molecule has 1 aromatic rings. The van der Waals surface area contributed by atoms with Gasteiger partial charge >= 0.3 is 0 Å². The summed E-state index contributed by atoms with van der Waals surface area (Å²) in [5.41, 5.74) is 5.67. The molecular weight excluding hydrogens is 295 g/mol. The van der Waals surface area contributed by atoms with Gasteiger partial charge in [0.25, 0.3) is 0 Å². The molecule has 0 heterocycles. The minimum Gasteiger partial charge on any atom is -0.399 e. The Labute approximate surface area is 124 Å². The van der Waals surface area contributed by atoms with E-state index in [1.807, 2.05) is 0 Å². The largest absolute Gasteiger partial charge is 0.399 e. The van der Waals surface area contributed by atoms with Crippen LogP contribution in [0.4, 0.5) is 10.1 Å². The molecule has 0 spiro atoms. The summed E-state index contributed by atoms with van der Waals surface area (Å²) < 4.78 is 40.7. The van der Waals surface area contributed by atoms with Gasteiger partial charge in [0.2, 0.25) is 10.0 Å². The fourth-order valence-electron chi connectivity index (χ4n) is 2.61. The Kier molecular flexibility index (Phi) is 4.85. The molecule has 5 nitrogen and oxygen atoms in total. The van der Waals surface area contributed by atoms with E-state index in [4.69, 9.17) is 5.73 Å². The standard InChI is InChI=1S/C14H21FN2O3S/c1-9-13(15)6-11(16)7-14(9)21(19,20)17-8-10-2-4-12(18)5-3-10/h6-7,10,12,17-18H,2-5,8,16H2,1H3. The minimum atomic E-state index is -3.78. The molecule has 0 atom stereocenters. The number of nitrogens with one attached hydrogen (secondary N) is 1. The zero-order chi connectivity index (χ0) is 15.6. The van der Waals surface area contributed by atoms with Gasteiger partial charge in [0.1, 0.15) is 5.82 Å². The second kappa shape index (κ2) is 6.29. The van der Waals surface area contributed by atoms with Crippen LogP contribution in [-0.4, -0.2) is 26.2 Å². The number of benzene rings is 1. The van der Waals surface area contributed by atoms with Gasteiger partial charge in [-0.25, -0.2) is 17.5 Å². The van der Waals surface area contributed by atoms with Crippen LogP contribution in [0.5, 0.6) is 0 Å². The predicted octanol–water partition coefficient (Wildman–Crippen LogP) is 1.55. The summed E-state index contributed by atoms with van der Waals surface area (Å²) >= 11 is 0. The average Bonchev–Trinajstić information content (AvgIpc) is 2.42. The van der Waals surface area contributed by atoms with Gasteiger partial charge in [-0.05, 0) is 50.7 Å². The predicted molar refractivity (Wildman–Crippen MR) is 78.7 cm³/mol. The molecule has 118 valence electrons. The molecule has 0 aliphatic heterocycles. The number of nitrogens with two attached hydrogens (primary N) is 1. The molecule has 0 saturated heterocycles. The molecule has 1 aromatic carbocycles. The summed E-state index contributed by atoms with van der Waals surface area (Å²) in [6, 6.07) is 2.38. The fraction of sp³-hybridized carbons (Fsp3) is 0.571. The average molecular weight is 316 g/mol. The first kappa shape index (κ1) is 16.2. The highest BCUT2D eigenvalue weighted by Crippen LogP contribution is 2.25. The first-order chi connectivity index (χ1) is 9.79. The molecule has 1 saturated carbocycles. The SMILES string of the molecule is Cc1c(F)cc(N)cc1S(=O)(=O)NCC1CCC(O)CC1. The Morgan fingerprint density at radius 2 is 1.95 bits per heavy atom. The lowest BCUT2D eigenvalue weighted by Gasteiger charge is -2.25. The van der Waals surface area contributed by atoms with Crippen LogP contribution in [0.2, 0.25) is 0 Å². The van der Waals surface area contributed by atoms with Gasteiger partial charge in [0.05, 0.1) is 11.0 Å². The number of hydrogen-bond donors (Lipinski definition) is 3. The fourth-order valence-corrected chi connectivity index (χ4v) is 4.01. The van der Waals surface area contributed by atoms with E-state index in [1.165, 1.54) is 13.0 Å². The van der Waals surface area contributed by atoms with Crippen molar-refractivity contribution < 1.29 is 17.9 Å². The Bertz CT molecular complexity index is 611. The maximum absolute atomic E-state index is 13.6. The Morgan fingerprint density at radius 3 is 2.57 bits per heavy atom. The second-order valence-electron chi connectivity index (χ2n) is 5.65. The molecule has 2 rings (SSSR count). The number of rotatable bonds is 4. The van der Waals surface area contributed by atoms with Gasteiger partial charge in [-0.2, -0.15) is 0 Å². The van der Waals surface area contributed by atoms with Crippen LogP contribution in [0.1, 0.15) is 31.2 Å². The van der Waals surface area contributed by atoms with Gasteiger partial charge in [-0.1, -0.05) is 0 Å². The topological polar surface area (TPSA) is 92.4 Å². The molecule has 1 fully saturated rings. The highest BCUT2D eigenvalue weighted by Gasteiger charge is 2.24. The first-order valence-corrected chi connectivity index (χ1v) is 8.51. The molecule has 0 unspecified atom stereocenters. The number of nitrogen functional groups attached to an aromatic ring is 1. The number of sulfonamides is 1. The van der Waals surface area contributed by atoms with Crippen LogP contribution in [0.15, 0.2) is 17.0 Å². The Balaban J connectivity index is 2.09. The van der Waals surface area contributed by atoms with Gasteiger partial charge < -0.3 is 10.8 Å². The molecule has 7 heteroatoms. The summed E-state index contributed by atoms with van der Waals surface area (Å²) in [6.45, 7) is 1.71. The summed E-state index contributed by atoms with van der Waals surface area (Å²) in [7, 11) is -3.78. The molecule has 1 aliphatic carbocycles. The number of hydrogen-bond acceptors (Lipinski definition) is 4. The summed E-state index contributed by atoms with van der Waals surface area (Å²) in [5, 5.41) is 9.44. The third-order valence-electron chi connectivity index (χ3n) is 3.99. The van der Waals surface area contributed by atoms with Crippen molar-refractivity contribution in [3.8, 4) is 0 Å². The number of halogens is 1. The van der Waals surface area contributed by atoms with Gasteiger partial charge in [-0.15, -0.1) is 0 Å². The number of aliphatic hydroxyl groups excluding tert-OH is 1. The van der Waals surface area contributed by atoms with Crippen LogP contribution in [0.25, 0.3) is 0 Å². The zero-order valence-corrected chi connectivity index (χ0v) is 12.8. The lowest BCUT2D eigenvalue weighted by Crippen LogP contribution is -2.32. The third kappa shape index (κ3) is 3.93. The van der Waals surface area contributed by atoms with Crippen LogP contribution >= 0.6 is 0 Å². The van der Waals surface area contributed by atoms with E-state index in [0.717, 1.165) is 18.9 Å². The van der Waals surface area contributed by atoms with E-state index < -0.39 is 15.8 Å². The lowest BCUT2D eigenvalue weighted by atomic mass is 9.88. The van der Waals surface area contributed by atoms with Crippen molar-refractivity contribution >= 4 is 15.7 Å². The van der Waals surface area contributed by atoms with Crippen molar-refractivity contribution in [2.24, 2.45) is 5.92 Å². The van der Waals surface area contributed by atoms with E-state index >= 15 is 0 Å². The zero-order valence-electron chi connectivity index (χ0n) is 12.0. The molecular formula is C14H21FN2O3S. The molecule has 0 radical (unpaired) electrons. The van der Waals surface area contributed by atoms with E-state index in [1.54, 1.807) is 0 Å². The quantitative estimate of drug-likeness (QED) is 0.735. The summed E-state index contributed by atoms with van der Waals surface area (Å²) in [4.78, 5) is -0.115. The van der Waals surface area contributed by atoms with Crippen molar-refractivity contribution in [3.05, 3.63) is 23.5 Å². The molecule has 21 heavy (non-hydrogen) atoms. The molecule has 0 amide bonds. The van der Waals surface area contributed by atoms with Crippen LogP contribution < -0.4 is 10.5 Å². The first-order valence-electron chi connectivity index (χ1n) is 7.03. The highest BCUT2D eigenvalue weighted by molar-refractivity contribution is 7.89. The normalized spacial score (nSPS) is 23.2. The van der Waals surface area contributed by atoms with Crippen LogP contribution in [0, 0.1) is 18.7 Å². The van der Waals surface area contributed by atoms with Gasteiger partial charge in [-0.3, -0.25) is 0 Å². The monoisotopic (exact) mass is 316 g/mol. The van der Waals surface area contributed by atoms with E-state index in [-0.39, 0.29) is 28.2 Å². The van der Waals surface area contributed by atoms with E-state index in [9.17, 15) is 17.9 Å². The molecule has 1 aliphatic rings. The summed E-state index contributed by atoms with van der Waals surface area (Å²) in [5.74, 6) is -0.425. The number of aliphatic hydroxyl groups is 1. The van der Waals surface area contributed by atoms with Crippen LogP contribution in [0.3, 0.4) is 0 Å². The Morgan fingerprint density at radius 1 is 1.33 bits per heavy atom.